The van der Waals surface area contributed by atoms with Crippen LogP contribution in [-0.2, 0) is 22.3 Å². The highest BCUT2D eigenvalue weighted by Gasteiger charge is 2.42. The lowest BCUT2D eigenvalue weighted by atomic mass is 9.85. The van der Waals surface area contributed by atoms with Crippen LogP contribution in [0.5, 0.6) is 0 Å². The first-order chi connectivity index (χ1) is 22.6. The van der Waals surface area contributed by atoms with Gasteiger partial charge in [0.05, 0.1) is 29.1 Å². The van der Waals surface area contributed by atoms with Gasteiger partial charge in [-0.15, -0.1) is 0 Å². The molecule has 2 fully saturated rings. The minimum absolute atomic E-state index is 0.00430. The van der Waals surface area contributed by atoms with Crippen molar-refractivity contribution < 1.29 is 17.2 Å². The van der Waals surface area contributed by atoms with Gasteiger partial charge < -0.3 is 16.1 Å². The Labute approximate surface area is 273 Å². The fraction of sp³-hybridized carbons (Fsp3) is 0.545. The van der Waals surface area contributed by atoms with Crippen LogP contribution in [-0.4, -0.2) is 77.5 Å². The molecule has 6 heterocycles. The van der Waals surface area contributed by atoms with Crippen molar-refractivity contribution in [2.45, 2.75) is 69.9 Å². The first kappa shape index (κ1) is 33.1. The van der Waals surface area contributed by atoms with Crippen molar-refractivity contribution in [2.75, 3.05) is 43.0 Å². The number of hydrogen-bond acceptors (Lipinski definition) is 10. The zero-order valence-electron chi connectivity index (χ0n) is 26.6. The number of benzene rings is 1. The van der Waals surface area contributed by atoms with Gasteiger partial charge in [-0.05, 0) is 88.7 Å². The number of aliphatic imine (C=N–C) groups is 1. The Morgan fingerprint density at radius 2 is 1.81 bits per heavy atom. The minimum atomic E-state index is -3.16. The third-order valence-electron chi connectivity index (χ3n) is 9.87. The van der Waals surface area contributed by atoms with E-state index in [-0.39, 0.29) is 35.1 Å². The fourth-order valence-electron chi connectivity index (χ4n) is 7.00. The molecule has 3 N–H and O–H groups in total. The van der Waals surface area contributed by atoms with Gasteiger partial charge in [-0.3, -0.25) is 14.4 Å². The molecule has 4 aliphatic heterocycles. The summed E-state index contributed by atoms with van der Waals surface area (Å²) in [6, 6.07) is 7.90. The van der Waals surface area contributed by atoms with E-state index in [1.165, 1.54) is 17.0 Å². The molecule has 3 aromatic rings. The molecular formula is C33H42F2N8O3S. The summed E-state index contributed by atoms with van der Waals surface area (Å²) in [5, 5.41) is 7.84. The van der Waals surface area contributed by atoms with Gasteiger partial charge in [0.1, 0.15) is 27.6 Å². The normalized spacial score (nSPS) is 26.4. The molecule has 0 amide bonds. The van der Waals surface area contributed by atoms with Crippen molar-refractivity contribution in [3.8, 4) is 0 Å². The summed E-state index contributed by atoms with van der Waals surface area (Å²) in [5.41, 5.74) is 1.57. The van der Waals surface area contributed by atoms with Crippen LogP contribution >= 0.6 is 0 Å². The van der Waals surface area contributed by atoms with E-state index >= 15 is 8.78 Å². The van der Waals surface area contributed by atoms with Gasteiger partial charge in [-0.2, -0.15) is 5.10 Å². The number of aromatic nitrogens is 3. The Bertz CT molecular complexity index is 1820. The number of sulfone groups is 1. The molecule has 47 heavy (non-hydrogen) atoms. The molecule has 0 saturated carbocycles. The molecule has 1 aromatic carbocycles. The third kappa shape index (κ3) is 7.23. The summed E-state index contributed by atoms with van der Waals surface area (Å²) in [7, 11) is -3.16. The standard InChI is InChI=1S/C33H42F2N8O3S/c1-22-24-5-4-6-26(17-24)33(34,35)25-7-13-42(14-8-25)12-3-2-11-37-19-27(41-36)20-43-31-29(30(40-22)38-21-39-31)18-28(32(43)44)23-9-15-47(45,46)16-10-23/h4-6,17-19,21-23,25H,2-3,7-16,20,36H2,1H3,(H,38,39,40)/t22-/m1/s1. The van der Waals surface area contributed by atoms with Crippen LogP contribution in [0.3, 0.4) is 0 Å². The second kappa shape index (κ2) is 13.8. The van der Waals surface area contributed by atoms with Gasteiger partial charge in [-0.1, -0.05) is 18.2 Å². The Balaban J connectivity index is 1.43. The van der Waals surface area contributed by atoms with Crippen LogP contribution in [0.15, 0.2) is 51.5 Å². The predicted octanol–water partition coefficient (Wildman–Crippen LogP) is 4.24. The third-order valence-corrected chi connectivity index (χ3v) is 11.6. The topological polar surface area (TPSA) is 148 Å². The van der Waals surface area contributed by atoms with E-state index in [1.807, 2.05) is 13.0 Å². The second-order valence-corrected chi connectivity index (χ2v) is 15.3. The van der Waals surface area contributed by atoms with E-state index in [0.717, 1.165) is 19.4 Å². The van der Waals surface area contributed by atoms with Gasteiger partial charge in [0.2, 0.25) is 0 Å². The average Bonchev–Trinajstić information content (AvgIpc) is 3.06. The summed E-state index contributed by atoms with van der Waals surface area (Å²) in [6.45, 7) is 4.51. The first-order valence-electron chi connectivity index (χ1n) is 16.4. The molecule has 0 spiro atoms. The van der Waals surface area contributed by atoms with E-state index in [2.05, 4.69) is 30.3 Å². The molecule has 2 saturated heterocycles. The molecule has 4 aliphatic rings. The zero-order chi connectivity index (χ0) is 33.2. The summed E-state index contributed by atoms with van der Waals surface area (Å²) < 4.78 is 57.7. The molecule has 7 rings (SSSR count). The number of hydrazone groups is 1. The van der Waals surface area contributed by atoms with Crippen molar-refractivity contribution in [1.29, 1.82) is 0 Å². The summed E-state index contributed by atoms with van der Waals surface area (Å²) in [5.74, 6) is 2.23. The number of nitrogens with one attached hydrogen (secondary N) is 1. The Morgan fingerprint density at radius 3 is 2.55 bits per heavy atom. The highest BCUT2D eigenvalue weighted by atomic mass is 32.2. The van der Waals surface area contributed by atoms with Crippen LogP contribution < -0.4 is 16.7 Å². The van der Waals surface area contributed by atoms with Crippen LogP contribution in [0.2, 0.25) is 0 Å². The molecule has 1 atom stereocenters. The highest BCUT2D eigenvalue weighted by Crippen LogP contribution is 2.42. The molecule has 8 bridgehead atoms. The summed E-state index contributed by atoms with van der Waals surface area (Å²) >= 11 is 0. The molecular weight excluding hydrogens is 626 g/mol. The number of pyridine rings is 1. The van der Waals surface area contributed by atoms with Crippen molar-refractivity contribution in [1.82, 2.24) is 19.4 Å². The summed E-state index contributed by atoms with van der Waals surface area (Å²) in [6.07, 6.45) is 6.14. The number of hydrogen-bond donors (Lipinski definition) is 2. The molecule has 0 radical (unpaired) electrons. The van der Waals surface area contributed by atoms with Crippen LogP contribution in [0.25, 0.3) is 11.0 Å². The number of piperidine rings is 1. The van der Waals surface area contributed by atoms with E-state index < -0.39 is 27.7 Å². The van der Waals surface area contributed by atoms with E-state index in [9.17, 15) is 13.2 Å². The van der Waals surface area contributed by atoms with Crippen LogP contribution in [0, 0.1) is 5.92 Å². The van der Waals surface area contributed by atoms with Crippen LogP contribution in [0.1, 0.15) is 74.1 Å². The van der Waals surface area contributed by atoms with Gasteiger partial charge in [0.25, 0.3) is 11.5 Å². The minimum Gasteiger partial charge on any atom is -0.363 e. The number of anilines is 1. The molecule has 14 heteroatoms. The van der Waals surface area contributed by atoms with E-state index in [1.54, 1.807) is 24.4 Å². The Morgan fingerprint density at radius 1 is 1.04 bits per heavy atom. The van der Waals surface area contributed by atoms with Crippen molar-refractivity contribution in [2.24, 2.45) is 21.9 Å². The number of nitrogens with two attached hydrogens (primary N) is 1. The maximum atomic E-state index is 15.9. The number of rotatable bonds is 1. The molecule has 0 aliphatic carbocycles. The Hall–Kier alpha value is -3.78. The molecule has 11 nitrogen and oxygen atoms in total. The van der Waals surface area contributed by atoms with Gasteiger partial charge >= 0.3 is 0 Å². The first-order valence-corrected chi connectivity index (χ1v) is 18.2. The van der Waals surface area contributed by atoms with E-state index in [0.29, 0.717) is 79.0 Å². The number of halogens is 2. The molecule has 0 unspecified atom stereocenters. The van der Waals surface area contributed by atoms with Crippen molar-refractivity contribution in [3.05, 3.63) is 63.7 Å². The second-order valence-electron chi connectivity index (χ2n) is 13.0. The number of nitrogens with zero attached hydrogens (tertiary/aromatic N) is 6. The largest absolute Gasteiger partial charge is 0.363 e. The fourth-order valence-corrected chi connectivity index (χ4v) is 8.49. The Kier molecular flexibility index (Phi) is 9.70. The monoisotopic (exact) mass is 668 g/mol. The van der Waals surface area contributed by atoms with Crippen molar-refractivity contribution in [3.63, 3.8) is 0 Å². The van der Waals surface area contributed by atoms with E-state index in [4.69, 9.17) is 5.84 Å². The predicted molar refractivity (Wildman–Crippen MR) is 180 cm³/mol. The maximum absolute atomic E-state index is 15.9. The molecule has 252 valence electrons. The van der Waals surface area contributed by atoms with Gasteiger partial charge in [0, 0.05) is 35.8 Å². The maximum Gasteiger partial charge on any atom is 0.276 e. The lowest BCUT2D eigenvalue weighted by Crippen LogP contribution is -2.40. The summed E-state index contributed by atoms with van der Waals surface area (Å²) in [4.78, 5) is 29.8. The number of alkyl halides is 2. The number of fused-ring (bicyclic) bond motifs is 9. The zero-order valence-corrected chi connectivity index (χ0v) is 27.4. The van der Waals surface area contributed by atoms with Gasteiger partial charge in [-0.25, -0.2) is 27.2 Å². The smallest absolute Gasteiger partial charge is 0.276 e. The SMILES string of the molecule is C[C@H]1Nc2ncnc3c2cc(C2CCS(=O)(=O)CC2)c(=O)n3CC(=NN)C=NCCCCN2CCC(CC2)C(F)(F)c2cccc1c2. The van der Waals surface area contributed by atoms with Gasteiger partial charge in [0.15, 0.2) is 0 Å². The quantitative estimate of drug-likeness (QED) is 0.289. The van der Waals surface area contributed by atoms with Crippen LogP contribution in [0.4, 0.5) is 14.6 Å². The lowest BCUT2D eigenvalue weighted by Gasteiger charge is -2.36. The highest BCUT2D eigenvalue weighted by molar-refractivity contribution is 7.91. The average molecular weight is 669 g/mol. The lowest BCUT2D eigenvalue weighted by molar-refractivity contribution is -0.0855. The van der Waals surface area contributed by atoms with Crippen molar-refractivity contribution >= 4 is 38.6 Å². The molecule has 2 aromatic heterocycles.